The van der Waals surface area contributed by atoms with Gasteiger partial charge in [0.1, 0.15) is 5.69 Å². The van der Waals surface area contributed by atoms with Crippen molar-refractivity contribution in [2.24, 2.45) is 0 Å². The van der Waals surface area contributed by atoms with Crippen LogP contribution in [0.3, 0.4) is 0 Å². The molecule has 7 heteroatoms. The maximum absolute atomic E-state index is 11.1. The van der Waals surface area contributed by atoms with Crippen LogP contribution in [0.4, 0.5) is 11.4 Å². The average molecular weight is 284 g/mol. The number of benzene rings is 1. The molecule has 0 bridgehead atoms. The first-order valence-corrected chi connectivity index (χ1v) is 6.97. The summed E-state index contributed by atoms with van der Waals surface area (Å²) in [6.45, 7) is 3.88. The van der Waals surface area contributed by atoms with Gasteiger partial charge in [-0.25, -0.2) is 4.79 Å². The van der Waals surface area contributed by atoms with Crippen LogP contribution in [0, 0.1) is 10.1 Å². The third-order valence-electron chi connectivity index (χ3n) is 2.43. The largest absolute Gasteiger partial charge is 0.478 e. The normalized spacial score (nSPS) is 11.9. The Bertz CT molecular complexity index is 447. The zero-order valence-electron chi connectivity index (χ0n) is 10.8. The molecule has 1 atom stereocenters. The quantitative estimate of drug-likeness (QED) is 0.591. The smallest absolute Gasteiger partial charge is 0.338 e. The fraction of sp³-hybridized carbons (Fsp3) is 0.417. The van der Waals surface area contributed by atoms with E-state index in [2.05, 4.69) is 5.32 Å². The Morgan fingerprint density at radius 1 is 1.58 bits per heavy atom. The fourth-order valence-corrected chi connectivity index (χ4v) is 2.28. The molecule has 0 amide bonds. The van der Waals surface area contributed by atoms with Gasteiger partial charge in [-0.1, -0.05) is 13.0 Å². The Labute approximate surface area is 115 Å². The van der Waals surface area contributed by atoms with E-state index in [9.17, 15) is 14.9 Å². The summed E-state index contributed by atoms with van der Waals surface area (Å²) in [5, 5.41) is 23.0. The summed E-state index contributed by atoms with van der Waals surface area (Å²) in [6, 6.07) is 3.98. The first kappa shape index (κ1) is 15.3. The van der Waals surface area contributed by atoms with E-state index in [0.29, 0.717) is 0 Å². The van der Waals surface area contributed by atoms with Gasteiger partial charge in [-0.3, -0.25) is 10.1 Å². The van der Waals surface area contributed by atoms with E-state index in [0.717, 1.165) is 11.5 Å². The number of nitrogens with one attached hydrogen (secondary N) is 1. The second-order valence-corrected chi connectivity index (χ2v) is 5.29. The highest BCUT2D eigenvalue weighted by Gasteiger charge is 2.22. The number of nitro groups is 1. The number of para-hydroxylation sites is 1. The number of carboxylic acid groups (broad SMARTS) is 1. The number of carbonyl (C=O) groups is 1. The fourth-order valence-electron chi connectivity index (χ4n) is 1.60. The van der Waals surface area contributed by atoms with Crippen LogP contribution in [0.15, 0.2) is 18.2 Å². The standard InChI is InChI=1S/C12H16N2O4S/c1-3-19-7-8(2)13-11-9(12(15)16)5-4-6-10(11)14(17)18/h4-6,8,13H,3,7H2,1-2H3,(H,15,16). The predicted octanol–water partition coefficient (Wildman–Crippen LogP) is 2.85. The van der Waals surface area contributed by atoms with Crippen LogP contribution < -0.4 is 5.32 Å². The van der Waals surface area contributed by atoms with Crippen LogP contribution in [0.5, 0.6) is 0 Å². The first-order chi connectivity index (χ1) is 8.97. The maximum atomic E-state index is 11.1. The molecule has 1 aromatic rings. The number of hydrogen-bond donors (Lipinski definition) is 2. The van der Waals surface area contributed by atoms with Gasteiger partial charge in [-0.2, -0.15) is 11.8 Å². The van der Waals surface area contributed by atoms with Gasteiger partial charge in [0.25, 0.3) is 5.69 Å². The predicted molar refractivity (Wildman–Crippen MR) is 76.1 cm³/mol. The number of nitro benzene ring substituents is 1. The van der Waals surface area contributed by atoms with Crippen molar-refractivity contribution in [3.8, 4) is 0 Å². The maximum Gasteiger partial charge on any atom is 0.338 e. The molecular formula is C12H16N2O4S. The highest BCUT2D eigenvalue weighted by Crippen LogP contribution is 2.29. The molecule has 0 aromatic heterocycles. The molecule has 0 aliphatic heterocycles. The van der Waals surface area contributed by atoms with E-state index in [1.54, 1.807) is 11.8 Å². The van der Waals surface area contributed by atoms with Gasteiger partial charge in [-0.05, 0) is 18.7 Å². The van der Waals surface area contributed by atoms with E-state index in [1.807, 2.05) is 13.8 Å². The molecule has 0 saturated carbocycles. The summed E-state index contributed by atoms with van der Waals surface area (Å²) in [6.07, 6.45) is 0. The summed E-state index contributed by atoms with van der Waals surface area (Å²) < 4.78 is 0. The SMILES string of the molecule is CCSCC(C)Nc1c(C(=O)O)cccc1[N+](=O)[O-]. The van der Waals surface area contributed by atoms with Crippen LogP contribution in [0.2, 0.25) is 0 Å². The van der Waals surface area contributed by atoms with Crippen LogP contribution in [-0.4, -0.2) is 33.5 Å². The lowest BCUT2D eigenvalue weighted by Crippen LogP contribution is -2.21. The molecule has 0 aliphatic carbocycles. The summed E-state index contributed by atoms with van der Waals surface area (Å²) in [4.78, 5) is 21.5. The lowest BCUT2D eigenvalue weighted by molar-refractivity contribution is -0.384. The van der Waals surface area contributed by atoms with Crippen molar-refractivity contribution in [3.05, 3.63) is 33.9 Å². The lowest BCUT2D eigenvalue weighted by Gasteiger charge is -2.16. The van der Waals surface area contributed by atoms with Gasteiger partial charge in [0.05, 0.1) is 10.5 Å². The Kier molecular flexibility index (Phi) is 5.62. The van der Waals surface area contributed by atoms with Crippen molar-refractivity contribution >= 4 is 29.1 Å². The van der Waals surface area contributed by atoms with Gasteiger partial charge in [-0.15, -0.1) is 0 Å². The van der Waals surface area contributed by atoms with Crippen molar-refractivity contribution in [1.29, 1.82) is 0 Å². The lowest BCUT2D eigenvalue weighted by atomic mass is 10.1. The van der Waals surface area contributed by atoms with Crippen LogP contribution in [-0.2, 0) is 0 Å². The number of carboxylic acids is 1. The highest BCUT2D eigenvalue weighted by molar-refractivity contribution is 7.99. The number of rotatable bonds is 7. The molecule has 0 radical (unpaired) electrons. The molecule has 0 saturated heterocycles. The summed E-state index contributed by atoms with van der Waals surface area (Å²) >= 11 is 1.68. The van der Waals surface area contributed by atoms with Crippen molar-refractivity contribution in [3.63, 3.8) is 0 Å². The van der Waals surface area contributed by atoms with Gasteiger partial charge in [0, 0.05) is 17.9 Å². The molecule has 1 rings (SSSR count). The second-order valence-electron chi connectivity index (χ2n) is 3.97. The summed E-state index contributed by atoms with van der Waals surface area (Å²) in [7, 11) is 0. The van der Waals surface area contributed by atoms with E-state index in [4.69, 9.17) is 5.11 Å². The molecule has 1 aromatic carbocycles. The van der Waals surface area contributed by atoms with Crippen molar-refractivity contribution in [2.45, 2.75) is 19.9 Å². The van der Waals surface area contributed by atoms with Crippen molar-refractivity contribution in [1.82, 2.24) is 0 Å². The Balaban J connectivity index is 3.07. The molecule has 6 nitrogen and oxygen atoms in total. The average Bonchev–Trinajstić information content (AvgIpc) is 2.35. The molecule has 0 heterocycles. The number of nitrogens with zero attached hydrogens (tertiary/aromatic N) is 1. The molecule has 104 valence electrons. The van der Waals surface area contributed by atoms with Gasteiger partial charge in [0.2, 0.25) is 0 Å². The Morgan fingerprint density at radius 2 is 2.26 bits per heavy atom. The molecule has 0 aliphatic rings. The van der Waals surface area contributed by atoms with Crippen molar-refractivity contribution in [2.75, 3.05) is 16.8 Å². The third kappa shape index (κ3) is 4.13. The minimum Gasteiger partial charge on any atom is -0.478 e. The van der Waals surface area contributed by atoms with Crippen LogP contribution in [0.25, 0.3) is 0 Å². The minimum absolute atomic E-state index is 0.0517. The van der Waals surface area contributed by atoms with Crippen LogP contribution in [0.1, 0.15) is 24.2 Å². The minimum atomic E-state index is -1.18. The Morgan fingerprint density at radius 3 is 2.79 bits per heavy atom. The third-order valence-corrected chi connectivity index (χ3v) is 3.58. The topological polar surface area (TPSA) is 92.5 Å². The monoisotopic (exact) mass is 284 g/mol. The Hall–Kier alpha value is -1.76. The van der Waals surface area contributed by atoms with E-state index in [1.165, 1.54) is 18.2 Å². The number of aromatic carboxylic acids is 1. The second kappa shape index (κ2) is 6.98. The van der Waals surface area contributed by atoms with Gasteiger partial charge in [0.15, 0.2) is 0 Å². The van der Waals surface area contributed by atoms with Gasteiger partial charge < -0.3 is 10.4 Å². The van der Waals surface area contributed by atoms with Gasteiger partial charge >= 0.3 is 5.97 Å². The summed E-state index contributed by atoms with van der Waals surface area (Å²) in [5.74, 6) is 0.512. The molecule has 1 unspecified atom stereocenters. The van der Waals surface area contributed by atoms with E-state index in [-0.39, 0.29) is 23.0 Å². The van der Waals surface area contributed by atoms with Crippen molar-refractivity contribution < 1.29 is 14.8 Å². The highest BCUT2D eigenvalue weighted by atomic mass is 32.2. The molecule has 0 fully saturated rings. The van der Waals surface area contributed by atoms with E-state index >= 15 is 0 Å². The van der Waals surface area contributed by atoms with Crippen LogP contribution >= 0.6 is 11.8 Å². The zero-order valence-corrected chi connectivity index (χ0v) is 11.6. The summed E-state index contributed by atoms with van der Waals surface area (Å²) in [5.41, 5.74) is -0.222. The number of thioether (sulfide) groups is 1. The molecule has 19 heavy (non-hydrogen) atoms. The molecule has 0 spiro atoms. The van der Waals surface area contributed by atoms with E-state index < -0.39 is 10.9 Å². The molecular weight excluding hydrogens is 268 g/mol. The molecule has 2 N–H and O–H groups in total. The zero-order chi connectivity index (χ0) is 14.4. The number of anilines is 1. The first-order valence-electron chi connectivity index (χ1n) is 5.82. The number of hydrogen-bond acceptors (Lipinski definition) is 5.